The van der Waals surface area contributed by atoms with E-state index in [-0.39, 0.29) is 11.8 Å². The molecule has 0 saturated heterocycles. The molecule has 0 heterocycles. The molecule has 0 aromatic rings. The molecule has 3 N–H and O–H groups in total. The molecule has 22 heavy (non-hydrogen) atoms. The SMILES string of the molecule is CCNC1CCC(CNC(=O)OC(C)(C)C)(CC(=O)O)CC1. The van der Waals surface area contributed by atoms with Gasteiger partial charge in [-0.25, -0.2) is 4.79 Å². The Labute approximate surface area is 133 Å². The minimum absolute atomic E-state index is 0.0850. The maximum atomic E-state index is 11.8. The number of amides is 1. The summed E-state index contributed by atoms with van der Waals surface area (Å²) in [5.74, 6) is -0.812. The predicted octanol–water partition coefficient (Wildman–Crippen LogP) is 2.52. The monoisotopic (exact) mass is 314 g/mol. The number of ether oxygens (including phenoxy) is 1. The molecule has 1 saturated carbocycles. The zero-order valence-electron chi connectivity index (χ0n) is 14.2. The Kier molecular flexibility index (Phi) is 6.66. The summed E-state index contributed by atoms with van der Waals surface area (Å²) < 4.78 is 5.23. The Bertz CT molecular complexity index is 382. The van der Waals surface area contributed by atoms with Gasteiger partial charge < -0.3 is 20.5 Å². The zero-order chi connectivity index (χ0) is 16.8. The molecular formula is C16H30N2O4. The van der Waals surface area contributed by atoms with Crippen molar-refractivity contribution in [3.8, 4) is 0 Å². The molecule has 0 unspecified atom stereocenters. The smallest absolute Gasteiger partial charge is 0.407 e. The first-order chi connectivity index (χ1) is 10.2. The van der Waals surface area contributed by atoms with Crippen molar-refractivity contribution < 1.29 is 19.4 Å². The number of hydrogen-bond acceptors (Lipinski definition) is 4. The summed E-state index contributed by atoms with van der Waals surface area (Å²) in [4.78, 5) is 23.0. The van der Waals surface area contributed by atoms with E-state index < -0.39 is 17.7 Å². The number of rotatable bonds is 6. The van der Waals surface area contributed by atoms with Gasteiger partial charge in [0.1, 0.15) is 5.60 Å². The van der Waals surface area contributed by atoms with Gasteiger partial charge in [0, 0.05) is 12.6 Å². The van der Waals surface area contributed by atoms with Crippen LogP contribution >= 0.6 is 0 Å². The van der Waals surface area contributed by atoms with Gasteiger partial charge in [-0.3, -0.25) is 4.79 Å². The molecule has 0 aromatic heterocycles. The molecule has 0 radical (unpaired) electrons. The van der Waals surface area contributed by atoms with E-state index in [1.807, 2.05) is 0 Å². The summed E-state index contributed by atoms with van der Waals surface area (Å²) in [6.45, 7) is 8.77. The van der Waals surface area contributed by atoms with Crippen molar-refractivity contribution in [3.05, 3.63) is 0 Å². The van der Waals surface area contributed by atoms with E-state index in [0.717, 1.165) is 32.2 Å². The summed E-state index contributed by atoms with van der Waals surface area (Å²) in [6.07, 6.45) is 3.08. The Morgan fingerprint density at radius 2 is 1.86 bits per heavy atom. The quantitative estimate of drug-likeness (QED) is 0.701. The fourth-order valence-electron chi connectivity index (χ4n) is 3.03. The Balaban J connectivity index is 2.58. The minimum Gasteiger partial charge on any atom is -0.481 e. The van der Waals surface area contributed by atoms with E-state index in [4.69, 9.17) is 4.74 Å². The first-order valence-corrected chi connectivity index (χ1v) is 8.08. The molecule has 0 aliphatic heterocycles. The molecule has 1 fully saturated rings. The largest absolute Gasteiger partial charge is 0.481 e. The van der Waals surface area contributed by atoms with Crippen molar-refractivity contribution in [3.63, 3.8) is 0 Å². The van der Waals surface area contributed by atoms with Crippen LogP contribution in [0.3, 0.4) is 0 Å². The highest BCUT2D eigenvalue weighted by Gasteiger charge is 2.37. The molecule has 0 aromatic carbocycles. The van der Waals surface area contributed by atoms with Gasteiger partial charge >= 0.3 is 12.1 Å². The van der Waals surface area contributed by atoms with Crippen molar-refractivity contribution in [2.75, 3.05) is 13.1 Å². The lowest BCUT2D eigenvalue weighted by atomic mass is 9.70. The highest BCUT2D eigenvalue weighted by molar-refractivity contribution is 5.69. The molecule has 128 valence electrons. The van der Waals surface area contributed by atoms with Crippen LogP contribution < -0.4 is 10.6 Å². The van der Waals surface area contributed by atoms with Crippen LogP contribution in [0.25, 0.3) is 0 Å². The Morgan fingerprint density at radius 1 is 1.27 bits per heavy atom. The van der Waals surface area contributed by atoms with Crippen LogP contribution in [0.5, 0.6) is 0 Å². The number of carboxylic acids is 1. The summed E-state index contributed by atoms with van der Waals surface area (Å²) in [5, 5.41) is 15.4. The Morgan fingerprint density at radius 3 is 2.32 bits per heavy atom. The number of carbonyl (C=O) groups is 2. The summed E-state index contributed by atoms with van der Waals surface area (Å²) in [6, 6.07) is 0.452. The van der Waals surface area contributed by atoms with Gasteiger partial charge in [-0.2, -0.15) is 0 Å². The molecule has 6 nitrogen and oxygen atoms in total. The van der Waals surface area contributed by atoms with E-state index >= 15 is 0 Å². The number of aliphatic carboxylic acids is 1. The molecule has 1 aliphatic rings. The number of nitrogens with one attached hydrogen (secondary N) is 2. The predicted molar refractivity (Wildman–Crippen MR) is 84.9 cm³/mol. The normalized spacial score (nSPS) is 25.5. The van der Waals surface area contributed by atoms with E-state index in [1.54, 1.807) is 20.8 Å². The zero-order valence-corrected chi connectivity index (χ0v) is 14.2. The first-order valence-electron chi connectivity index (χ1n) is 8.08. The topological polar surface area (TPSA) is 87.7 Å². The molecule has 6 heteroatoms. The number of hydrogen-bond donors (Lipinski definition) is 3. The van der Waals surface area contributed by atoms with Gasteiger partial charge in [-0.05, 0) is 58.4 Å². The van der Waals surface area contributed by atoms with Gasteiger partial charge in [-0.1, -0.05) is 6.92 Å². The van der Waals surface area contributed by atoms with Gasteiger partial charge in [0.25, 0.3) is 0 Å². The molecule has 1 rings (SSSR count). The molecule has 0 bridgehead atoms. The second-order valence-corrected chi connectivity index (χ2v) is 7.26. The van der Waals surface area contributed by atoms with Crippen LogP contribution in [0.4, 0.5) is 4.79 Å². The first kappa shape index (κ1) is 18.7. The molecule has 0 atom stereocenters. The lowest BCUT2D eigenvalue weighted by Crippen LogP contribution is -2.45. The fraction of sp³-hybridized carbons (Fsp3) is 0.875. The van der Waals surface area contributed by atoms with Gasteiger partial charge in [0.15, 0.2) is 0 Å². The van der Waals surface area contributed by atoms with E-state index in [9.17, 15) is 14.7 Å². The highest BCUT2D eigenvalue weighted by atomic mass is 16.6. The van der Waals surface area contributed by atoms with Crippen LogP contribution in [-0.2, 0) is 9.53 Å². The lowest BCUT2D eigenvalue weighted by molar-refractivity contribution is -0.140. The summed E-state index contributed by atoms with van der Waals surface area (Å²) >= 11 is 0. The number of alkyl carbamates (subject to hydrolysis) is 1. The fourth-order valence-corrected chi connectivity index (χ4v) is 3.03. The maximum absolute atomic E-state index is 11.8. The van der Waals surface area contributed by atoms with Crippen molar-refractivity contribution in [1.82, 2.24) is 10.6 Å². The lowest BCUT2D eigenvalue weighted by Gasteiger charge is -2.39. The van der Waals surface area contributed by atoms with E-state index in [2.05, 4.69) is 17.6 Å². The van der Waals surface area contributed by atoms with Crippen LogP contribution in [0.15, 0.2) is 0 Å². The van der Waals surface area contributed by atoms with Crippen LogP contribution in [0, 0.1) is 5.41 Å². The van der Waals surface area contributed by atoms with E-state index in [0.29, 0.717) is 12.6 Å². The third-order valence-corrected chi connectivity index (χ3v) is 4.07. The average Bonchev–Trinajstić information content (AvgIpc) is 2.37. The maximum Gasteiger partial charge on any atom is 0.407 e. The van der Waals surface area contributed by atoms with Crippen LogP contribution in [0.2, 0.25) is 0 Å². The Hall–Kier alpha value is -1.30. The van der Waals surface area contributed by atoms with Gasteiger partial charge in [0.2, 0.25) is 0 Å². The number of carbonyl (C=O) groups excluding carboxylic acids is 1. The van der Waals surface area contributed by atoms with Crippen molar-refractivity contribution in [2.45, 2.75) is 71.4 Å². The van der Waals surface area contributed by atoms with Crippen LogP contribution in [-0.4, -0.2) is 41.9 Å². The van der Waals surface area contributed by atoms with Gasteiger partial charge in [0.05, 0.1) is 6.42 Å². The molecular weight excluding hydrogens is 284 g/mol. The minimum atomic E-state index is -0.812. The molecule has 1 amide bonds. The highest BCUT2D eigenvalue weighted by Crippen LogP contribution is 2.39. The van der Waals surface area contributed by atoms with E-state index in [1.165, 1.54) is 0 Å². The number of carboxylic acid groups (broad SMARTS) is 1. The third kappa shape index (κ3) is 6.64. The van der Waals surface area contributed by atoms with Gasteiger partial charge in [-0.15, -0.1) is 0 Å². The average molecular weight is 314 g/mol. The van der Waals surface area contributed by atoms with Crippen molar-refractivity contribution in [2.24, 2.45) is 5.41 Å². The summed E-state index contributed by atoms with van der Waals surface area (Å²) in [7, 11) is 0. The second kappa shape index (κ2) is 7.81. The second-order valence-electron chi connectivity index (χ2n) is 7.26. The summed E-state index contributed by atoms with van der Waals surface area (Å²) in [5.41, 5.74) is -0.915. The third-order valence-electron chi connectivity index (χ3n) is 4.07. The standard InChI is InChI=1S/C16H30N2O4/c1-5-17-12-6-8-16(9-7-12,10-13(19)20)11-18-14(21)22-15(2,3)4/h12,17H,5-11H2,1-4H3,(H,18,21)(H,19,20). The van der Waals surface area contributed by atoms with Crippen molar-refractivity contribution >= 4 is 12.1 Å². The molecule has 1 aliphatic carbocycles. The van der Waals surface area contributed by atoms with Crippen LogP contribution in [0.1, 0.15) is 59.8 Å². The molecule has 0 spiro atoms. The van der Waals surface area contributed by atoms with Crippen molar-refractivity contribution in [1.29, 1.82) is 0 Å².